The van der Waals surface area contributed by atoms with Crippen LogP contribution in [0.5, 0.6) is 0 Å². The lowest BCUT2D eigenvalue weighted by Gasteiger charge is -2.36. The number of hydrogen-bond donors (Lipinski definition) is 1. The van der Waals surface area contributed by atoms with Gasteiger partial charge in [-0.3, -0.25) is 4.90 Å². The quantitative estimate of drug-likeness (QED) is 0.889. The van der Waals surface area contributed by atoms with Gasteiger partial charge in [-0.25, -0.2) is 0 Å². The van der Waals surface area contributed by atoms with Crippen LogP contribution in [0.25, 0.3) is 0 Å². The van der Waals surface area contributed by atoms with Crippen molar-refractivity contribution < 1.29 is 0 Å². The number of rotatable bonds is 5. The zero-order valence-electron chi connectivity index (χ0n) is 12.8. The molecule has 0 unspecified atom stereocenters. The molecule has 1 saturated carbocycles. The average molecular weight is 273 g/mol. The van der Waals surface area contributed by atoms with Crippen molar-refractivity contribution in [2.24, 2.45) is 0 Å². The number of nitrogens with one attached hydrogen (secondary N) is 1. The van der Waals surface area contributed by atoms with Crippen molar-refractivity contribution in [1.29, 1.82) is 0 Å². The monoisotopic (exact) mass is 273 g/mol. The second-order valence-corrected chi connectivity index (χ2v) is 6.46. The van der Waals surface area contributed by atoms with E-state index in [0.29, 0.717) is 6.04 Å². The van der Waals surface area contributed by atoms with Crippen LogP contribution in [-0.2, 0) is 6.54 Å². The minimum absolute atomic E-state index is 0.546. The highest BCUT2D eigenvalue weighted by atomic mass is 15.3. The average Bonchev–Trinajstić information content (AvgIpc) is 3.31. The second kappa shape index (κ2) is 6.15. The predicted octanol–water partition coefficient (Wildman–Crippen LogP) is 2.47. The fraction of sp³-hybridized carbons (Fsp3) is 0.647. The van der Waals surface area contributed by atoms with Crippen LogP contribution < -0.4 is 10.2 Å². The zero-order valence-corrected chi connectivity index (χ0v) is 12.8. The normalized spacial score (nSPS) is 20.6. The standard InChI is InChI=1S/C17H27N3/c1-14(2)18-13-15-3-5-16(6-4-15)19-9-11-20(12-10-19)17-7-8-17/h3-6,14,17-18H,7-13H2,1-2H3. The van der Waals surface area contributed by atoms with E-state index in [1.54, 1.807) is 0 Å². The minimum Gasteiger partial charge on any atom is -0.369 e. The van der Waals surface area contributed by atoms with Crippen LogP contribution in [0, 0.1) is 0 Å². The fourth-order valence-electron chi connectivity index (χ4n) is 2.93. The summed E-state index contributed by atoms with van der Waals surface area (Å²) in [5, 5.41) is 3.47. The molecule has 0 aromatic heterocycles. The van der Waals surface area contributed by atoms with Crippen molar-refractivity contribution in [2.75, 3.05) is 31.1 Å². The molecule has 0 amide bonds. The molecule has 3 rings (SSSR count). The summed E-state index contributed by atoms with van der Waals surface area (Å²) in [6.45, 7) is 10.2. The Hall–Kier alpha value is -1.06. The number of piperazine rings is 1. The Morgan fingerprint density at radius 2 is 1.70 bits per heavy atom. The lowest BCUT2D eigenvalue weighted by molar-refractivity contribution is 0.248. The first-order valence-electron chi connectivity index (χ1n) is 8.04. The molecular formula is C17H27N3. The molecule has 1 aromatic rings. The third kappa shape index (κ3) is 3.53. The molecule has 1 aromatic carbocycles. The van der Waals surface area contributed by atoms with Gasteiger partial charge in [0.25, 0.3) is 0 Å². The summed E-state index contributed by atoms with van der Waals surface area (Å²) in [6.07, 6.45) is 2.86. The zero-order chi connectivity index (χ0) is 13.9. The van der Waals surface area contributed by atoms with Crippen molar-refractivity contribution in [3.05, 3.63) is 29.8 Å². The molecular weight excluding hydrogens is 246 g/mol. The van der Waals surface area contributed by atoms with Crippen molar-refractivity contribution in [3.63, 3.8) is 0 Å². The van der Waals surface area contributed by atoms with E-state index in [0.717, 1.165) is 12.6 Å². The van der Waals surface area contributed by atoms with Gasteiger partial charge in [-0.05, 0) is 30.5 Å². The molecule has 2 fully saturated rings. The van der Waals surface area contributed by atoms with Gasteiger partial charge in [0.1, 0.15) is 0 Å². The maximum atomic E-state index is 3.47. The maximum absolute atomic E-state index is 3.47. The van der Waals surface area contributed by atoms with Crippen LogP contribution in [0.2, 0.25) is 0 Å². The molecule has 1 heterocycles. The smallest absolute Gasteiger partial charge is 0.0367 e. The third-order valence-electron chi connectivity index (χ3n) is 4.39. The summed E-state index contributed by atoms with van der Waals surface area (Å²) < 4.78 is 0. The highest BCUT2D eigenvalue weighted by Crippen LogP contribution is 2.28. The molecule has 0 radical (unpaired) electrons. The minimum atomic E-state index is 0.546. The summed E-state index contributed by atoms with van der Waals surface area (Å²) in [6, 6.07) is 10.6. The van der Waals surface area contributed by atoms with Gasteiger partial charge >= 0.3 is 0 Å². The summed E-state index contributed by atoms with van der Waals surface area (Å²) in [5.74, 6) is 0. The lowest BCUT2D eigenvalue weighted by atomic mass is 10.1. The SMILES string of the molecule is CC(C)NCc1ccc(N2CCN(C3CC3)CC2)cc1. The Morgan fingerprint density at radius 3 is 2.25 bits per heavy atom. The van der Waals surface area contributed by atoms with Gasteiger partial charge in [-0.1, -0.05) is 26.0 Å². The van der Waals surface area contributed by atoms with E-state index < -0.39 is 0 Å². The number of nitrogens with zero attached hydrogens (tertiary/aromatic N) is 2. The first-order valence-corrected chi connectivity index (χ1v) is 8.04. The molecule has 20 heavy (non-hydrogen) atoms. The number of hydrogen-bond acceptors (Lipinski definition) is 3. The molecule has 1 N–H and O–H groups in total. The van der Waals surface area contributed by atoms with Crippen molar-refractivity contribution in [2.45, 2.75) is 45.3 Å². The van der Waals surface area contributed by atoms with Crippen molar-refractivity contribution >= 4 is 5.69 Å². The van der Waals surface area contributed by atoms with Crippen molar-refractivity contribution in [3.8, 4) is 0 Å². The van der Waals surface area contributed by atoms with Gasteiger partial charge in [-0.15, -0.1) is 0 Å². The summed E-state index contributed by atoms with van der Waals surface area (Å²) in [7, 11) is 0. The Labute approximate surface area is 123 Å². The van der Waals surface area contributed by atoms with E-state index >= 15 is 0 Å². The molecule has 0 bridgehead atoms. The van der Waals surface area contributed by atoms with E-state index in [1.165, 1.54) is 50.3 Å². The van der Waals surface area contributed by atoms with Gasteiger partial charge in [0.15, 0.2) is 0 Å². The summed E-state index contributed by atoms with van der Waals surface area (Å²) >= 11 is 0. The summed E-state index contributed by atoms with van der Waals surface area (Å²) in [5.41, 5.74) is 2.76. The molecule has 1 aliphatic heterocycles. The molecule has 0 atom stereocenters. The van der Waals surface area contributed by atoms with Crippen LogP contribution in [0.15, 0.2) is 24.3 Å². The molecule has 1 saturated heterocycles. The molecule has 3 nitrogen and oxygen atoms in total. The van der Waals surface area contributed by atoms with Crippen LogP contribution in [-0.4, -0.2) is 43.2 Å². The number of benzene rings is 1. The summed E-state index contributed by atoms with van der Waals surface area (Å²) in [4.78, 5) is 5.19. The highest BCUT2D eigenvalue weighted by molar-refractivity contribution is 5.48. The van der Waals surface area contributed by atoms with Gasteiger partial charge in [0, 0.05) is 50.5 Å². The largest absolute Gasteiger partial charge is 0.369 e. The molecule has 0 spiro atoms. The number of anilines is 1. The Balaban J connectivity index is 1.52. The molecule has 2 aliphatic rings. The highest BCUT2D eigenvalue weighted by Gasteiger charge is 2.31. The Kier molecular flexibility index (Phi) is 4.27. The topological polar surface area (TPSA) is 18.5 Å². The molecule has 1 aliphatic carbocycles. The Morgan fingerprint density at radius 1 is 1.05 bits per heavy atom. The second-order valence-electron chi connectivity index (χ2n) is 6.46. The van der Waals surface area contributed by atoms with E-state index in [9.17, 15) is 0 Å². The first kappa shape index (κ1) is 13.9. The maximum Gasteiger partial charge on any atom is 0.0367 e. The van der Waals surface area contributed by atoms with Gasteiger partial charge in [0.05, 0.1) is 0 Å². The first-order chi connectivity index (χ1) is 9.72. The predicted molar refractivity (Wildman–Crippen MR) is 85.2 cm³/mol. The van der Waals surface area contributed by atoms with E-state index in [2.05, 4.69) is 53.2 Å². The lowest BCUT2D eigenvalue weighted by Crippen LogP contribution is -2.47. The molecule has 110 valence electrons. The van der Waals surface area contributed by atoms with E-state index in [1.807, 2.05) is 0 Å². The fourth-order valence-corrected chi connectivity index (χ4v) is 2.93. The van der Waals surface area contributed by atoms with Gasteiger partial charge in [0.2, 0.25) is 0 Å². The van der Waals surface area contributed by atoms with Gasteiger partial charge in [-0.2, -0.15) is 0 Å². The van der Waals surface area contributed by atoms with E-state index in [4.69, 9.17) is 0 Å². The van der Waals surface area contributed by atoms with Crippen LogP contribution >= 0.6 is 0 Å². The van der Waals surface area contributed by atoms with Gasteiger partial charge < -0.3 is 10.2 Å². The molecule has 3 heteroatoms. The van der Waals surface area contributed by atoms with Crippen LogP contribution in [0.4, 0.5) is 5.69 Å². The van der Waals surface area contributed by atoms with Crippen LogP contribution in [0.1, 0.15) is 32.3 Å². The van der Waals surface area contributed by atoms with Crippen LogP contribution in [0.3, 0.4) is 0 Å². The van der Waals surface area contributed by atoms with Crippen molar-refractivity contribution in [1.82, 2.24) is 10.2 Å². The van der Waals surface area contributed by atoms with E-state index in [-0.39, 0.29) is 0 Å². The Bertz CT molecular complexity index is 414. The third-order valence-corrected chi connectivity index (χ3v) is 4.39.